The first kappa shape index (κ1) is 18.2. The number of aromatic nitrogens is 2. The van der Waals surface area contributed by atoms with E-state index in [0.29, 0.717) is 10.9 Å². The molecule has 0 radical (unpaired) electrons. The van der Waals surface area contributed by atoms with Gasteiger partial charge in [0.25, 0.3) is 10.0 Å². The Morgan fingerprint density at radius 2 is 1.92 bits per heavy atom. The number of para-hydroxylation sites is 2. The second-order valence-electron chi connectivity index (χ2n) is 5.18. The number of nitrogens with zero attached hydrogens (tertiary/aromatic N) is 1. The molecule has 3 aromatic rings. The molecule has 136 valence electrons. The zero-order valence-corrected chi connectivity index (χ0v) is 15.4. The summed E-state index contributed by atoms with van der Waals surface area (Å²) in [4.78, 5) is 21.4. The number of benzene rings is 2. The van der Waals surface area contributed by atoms with Gasteiger partial charge in [0.2, 0.25) is 5.91 Å². The summed E-state index contributed by atoms with van der Waals surface area (Å²) in [5.74, 6) is 0.0491. The van der Waals surface area contributed by atoms with Gasteiger partial charge in [-0.25, -0.2) is 13.4 Å². The van der Waals surface area contributed by atoms with Gasteiger partial charge >= 0.3 is 0 Å². The summed E-state index contributed by atoms with van der Waals surface area (Å²) in [6.45, 7) is 0. The van der Waals surface area contributed by atoms with Crippen molar-refractivity contribution in [3.63, 3.8) is 0 Å². The number of carbonyl (C=O) groups excluding carboxylic acids is 1. The van der Waals surface area contributed by atoms with Crippen molar-refractivity contribution < 1.29 is 17.9 Å². The fourth-order valence-electron chi connectivity index (χ4n) is 2.11. The van der Waals surface area contributed by atoms with Crippen molar-refractivity contribution >= 4 is 38.7 Å². The Hall–Kier alpha value is -2.56. The fraction of sp³-hybridized carbons (Fsp3) is 0.125. The first-order valence-corrected chi connectivity index (χ1v) is 9.97. The molecule has 0 aliphatic heterocycles. The molecule has 0 spiro atoms. The van der Waals surface area contributed by atoms with Crippen LogP contribution in [-0.2, 0) is 14.8 Å². The Labute approximate surface area is 154 Å². The SMILES string of the molecule is COc1ccc(S(=O)(=O)NNC(=O)CSc2nc3ccccc3[nH]2)cc1. The molecule has 8 nitrogen and oxygen atoms in total. The third kappa shape index (κ3) is 4.34. The maximum Gasteiger partial charge on any atom is 0.257 e. The lowest BCUT2D eigenvalue weighted by atomic mass is 10.3. The smallest absolute Gasteiger partial charge is 0.257 e. The topological polar surface area (TPSA) is 113 Å². The van der Waals surface area contributed by atoms with Gasteiger partial charge in [-0.1, -0.05) is 23.9 Å². The van der Waals surface area contributed by atoms with Gasteiger partial charge < -0.3 is 9.72 Å². The fourth-order valence-corrected chi connectivity index (χ4v) is 3.65. The van der Waals surface area contributed by atoms with Crippen molar-refractivity contribution in [2.45, 2.75) is 10.1 Å². The van der Waals surface area contributed by atoms with Gasteiger partial charge in [0, 0.05) is 0 Å². The summed E-state index contributed by atoms with van der Waals surface area (Å²) in [5.41, 5.74) is 3.86. The molecule has 0 aliphatic rings. The summed E-state index contributed by atoms with van der Waals surface area (Å²) in [6.07, 6.45) is 0. The Bertz CT molecular complexity index is 983. The van der Waals surface area contributed by atoms with Crippen LogP contribution in [0.1, 0.15) is 0 Å². The van der Waals surface area contributed by atoms with Gasteiger partial charge in [0.15, 0.2) is 5.16 Å². The molecule has 0 saturated heterocycles. The molecule has 10 heteroatoms. The van der Waals surface area contributed by atoms with E-state index in [1.807, 2.05) is 24.3 Å². The highest BCUT2D eigenvalue weighted by molar-refractivity contribution is 7.99. The van der Waals surface area contributed by atoms with E-state index < -0.39 is 15.9 Å². The number of fused-ring (bicyclic) bond motifs is 1. The molecule has 1 aromatic heterocycles. The van der Waals surface area contributed by atoms with Crippen LogP contribution in [0.5, 0.6) is 5.75 Å². The van der Waals surface area contributed by atoms with Crippen LogP contribution in [0.15, 0.2) is 58.6 Å². The number of hydrazine groups is 1. The molecule has 3 N–H and O–H groups in total. The molecular weight excluding hydrogens is 376 g/mol. The first-order valence-electron chi connectivity index (χ1n) is 7.50. The predicted molar refractivity (Wildman–Crippen MR) is 98.3 cm³/mol. The molecule has 26 heavy (non-hydrogen) atoms. The molecule has 1 amide bonds. The van der Waals surface area contributed by atoms with Crippen LogP contribution in [0.3, 0.4) is 0 Å². The van der Waals surface area contributed by atoms with Crippen molar-refractivity contribution in [2.75, 3.05) is 12.9 Å². The number of aromatic amines is 1. The molecule has 2 aromatic carbocycles. The van der Waals surface area contributed by atoms with E-state index in [2.05, 4.69) is 20.2 Å². The Kier molecular flexibility index (Phi) is 5.45. The number of sulfonamides is 1. The average molecular weight is 392 g/mol. The number of methoxy groups -OCH3 is 1. The number of H-pyrrole nitrogens is 1. The van der Waals surface area contributed by atoms with Crippen LogP contribution >= 0.6 is 11.8 Å². The standard InChI is InChI=1S/C16H16N4O4S2/c1-24-11-6-8-12(9-7-11)26(22,23)20-19-15(21)10-25-16-17-13-4-2-3-5-14(13)18-16/h2-9,20H,10H2,1H3,(H,17,18)(H,19,21). The second-order valence-corrected chi connectivity index (χ2v) is 7.82. The van der Waals surface area contributed by atoms with Crippen LogP contribution in [-0.4, -0.2) is 37.2 Å². The third-order valence-corrected chi connectivity index (χ3v) is 5.54. The monoisotopic (exact) mass is 392 g/mol. The van der Waals surface area contributed by atoms with Gasteiger partial charge in [-0.05, 0) is 36.4 Å². The minimum atomic E-state index is -3.85. The summed E-state index contributed by atoms with van der Waals surface area (Å²) >= 11 is 1.18. The Balaban J connectivity index is 1.54. The van der Waals surface area contributed by atoms with Crippen molar-refractivity contribution in [1.29, 1.82) is 0 Å². The van der Waals surface area contributed by atoms with Crippen molar-refractivity contribution in [1.82, 2.24) is 20.2 Å². The van der Waals surface area contributed by atoms with Gasteiger partial charge in [0.05, 0.1) is 28.8 Å². The van der Waals surface area contributed by atoms with Gasteiger partial charge in [0.1, 0.15) is 5.75 Å². The normalized spacial score (nSPS) is 11.4. The maximum atomic E-state index is 12.1. The highest BCUT2D eigenvalue weighted by atomic mass is 32.2. The number of nitrogens with one attached hydrogen (secondary N) is 3. The minimum Gasteiger partial charge on any atom is -0.497 e. The van der Waals surface area contributed by atoms with Crippen LogP contribution in [0.2, 0.25) is 0 Å². The average Bonchev–Trinajstić information content (AvgIpc) is 3.08. The highest BCUT2D eigenvalue weighted by Gasteiger charge is 2.15. The molecule has 1 heterocycles. The van der Waals surface area contributed by atoms with E-state index in [-0.39, 0.29) is 10.6 Å². The zero-order chi connectivity index (χ0) is 18.6. The van der Waals surface area contributed by atoms with E-state index in [4.69, 9.17) is 4.74 Å². The van der Waals surface area contributed by atoms with Crippen LogP contribution in [0.25, 0.3) is 11.0 Å². The van der Waals surface area contributed by atoms with Crippen LogP contribution < -0.4 is 15.0 Å². The molecule has 0 unspecified atom stereocenters. The summed E-state index contributed by atoms with van der Waals surface area (Å²) in [5, 5.41) is 0.583. The zero-order valence-electron chi connectivity index (χ0n) is 13.7. The predicted octanol–water partition coefficient (Wildman–Crippen LogP) is 1.67. The Morgan fingerprint density at radius 3 is 2.62 bits per heavy atom. The number of imidazole rings is 1. The third-order valence-electron chi connectivity index (χ3n) is 3.40. The molecule has 0 atom stereocenters. The minimum absolute atomic E-state index is 0.00492. The quantitative estimate of drug-likeness (QED) is 0.416. The van der Waals surface area contributed by atoms with E-state index in [1.54, 1.807) is 0 Å². The number of thioether (sulfide) groups is 1. The van der Waals surface area contributed by atoms with E-state index in [1.165, 1.54) is 43.1 Å². The summed E-state index contributed by atoms with van der Waals surface area (Å²) < 4.78 is 29.3. The summed E-state index contributed by atoms with van der Waals surface area (Å²) in [6, 6.07) is 13.3. The summed E-state index contributed by atoms with van der Waals surface area (Å²) in [7, 11) is -2.37. The van der Waals surface area contributed by atoms with E-state index in [9.17, 15) is 13.2 Å². The molecular formula is C16H16N4O4S2. The lowest BCUT2D eigenvalue weighted by molar-refractivity contribution is -0.119. The first-order chi connectivity index (χ1) is 12.5. The molecule has 0 aliphatic carbocycles. The van der Waals surface area contributed by atoms with E-state index >= 15 is 0 Å². The molecule has 0 bridgehead atoms. The van der Waals surface area contributed by atoms with Gasteiger partial charge in [-0.2, -0.15) is 0 Å². The number of hydrogen-bond donors (Lipinski definition) is 3. The maximum absolute atomic E-state index is 12.1. The molecule has 0 fully saturated rings. The number of ether oxygens (including phenoxy) is 1. The number of rotatable bonds is 7. The van der Waals surface area contributed by atoms with Crippen molar-refractivity contribution in [3.8, 4) is 5.75 Å². The largest absolute Gasteiger partial charge is 0.497 e. The number of carbonyl (C=O) groups is 1. The lowest BCUT2D eigenvalue weighted by Crippen LogP contribution is -2.42. The second kappa shape index (κ2) is 7.77. The van der Waals surface area contributed by atoms with Gasteiger partial charge in [-0.15, -0.1) is 4.83 Å². The van der Waals surface area contributed by atoms with Crippen LogP contribution in [0, 0.1) is 0 Å². The molecule has 0 saturated carbocycles. The molecule has 3 rings (SSSR count). The Morgan fingerprint density at radius 1 is 1.19 bits per heavy atom. The number of amides is 1. The number of hydrogen-bond acceptors (Lipinski definition) is 6. The van der Waals surface area contributed by atoms with Crippen LogP contribution in [0.4, 0.5) is 0 Å². The van der Waals surface area contributed by atoms with Gasteiger partial charge in [-0.3, -0.25) is 10.2 Å². The van der Waals surface area contributed by atoms with Crippen molar-refractivity contribution in [3.05, 3.63) is 48.5 Å². The lowest BCUT2D eigenvalue weighted by Gasteiger charge is -2.08. The highest BCUT2D eigenvalue weighted by Crippen LogP contribution is 2.19. The van der Waals surface area contributed by atoms with Crippen molar-refractivity contribution in [2.24, 2.45) is 0 Å². The van der Waals surface area contributed by atoms with E-state index in [0.717, 1.165) is 11.0 Å².